The molecule has 1 amide bonds. The minimum atomic E-state index is -0.193. The Morgan fingerprint density at radius 1 is 1.33 bits per heavy atom. The van der Waals surface area contributed by atoms with E-state index in [2.05, 4.69) is 15.4 Å². The highest BCUT2D eigenvalue weighted by molar-refractivity contribution is 7.13. The Kier molecular flexibility index (Phi) is 3.53. The summed E-state index contributed by atoms with van der Waals surface area (Å²) in [6.07, 6.45) is 3.24. The molecule has 106 valence electrons. The highest BCUT2D eigenvalue weighted by Gasteiger charge is 2.16. The van der Waals surface area contributed by atoms with E-state index in [1.54, 1.807) is 17.1 Å². The van der Waals surface area contributed by atoms with Gasteiger partial charge in [0.2, 0.25) is 0 Å². The maximum Gasteiger partial charge on any atom is 0.260 e. The first-order chi connectivity index (χ1) is 10.1. The SMILES string of the molecule is Cc1cccc(-n2ncc(C(=O)Nc3nccs3)c2C)c1. The number of benzene rings is 1. The van der Waals surface area contributed by atoms with Crippen LogP contribution in [0.25, 0.3) is 5.69 Å². The van der Waals surface area contributed by atoms with Gasteiger partial charge in [0.1, 0.15) is 0 Å². The van der Waals surface area contributed by atoms with Crippen molar-refractivity contribution < 1.29 is 4.79 Å². The van der Waals surface area contributed by atoms with Gasteiger partial charge >= 0.3 is 0 Å². The maximum atomic E-state index is 12.2. The molecule has 0 spiro atoms. The van der Waals surface area contributed by atoms with E-state index >= 15 is 0 Å². The summed E-state index contributed by atoms with van der Waals surface area (Å²) < 4.78 is 1.77. The molecule has 2 heterocycles. The molecular weight excluding hydrogens is 284 g/mol. The average Bonchev–Trinajstić information content (AvgIpc) is 3.08. The smallest absolute Gasteiger partial charge is 0.260 e. The monoisotopic (exact) mass is 298 g/mol. The van der Waals surface area contributed by atoms with Crippen LogP contribution >= 0.6 is 11.3 Å². The lowest BCUT2D eigenvalue weighted by Crippen LogP contribution is -2.12. The van der Waals surface area contributed by atoms with Gasteiger partial charge in [-0.3, -0.25) is 10.1 Å². The fourth-order valence-electron chi connectivity index (χ4n) is 2.10. The lowest BCUT2D eigenvalue weighted by atomic mass is 10.2. The van der Waals surface area contributed by atoms with Crippen molar-refractivity contribution in [1.82, 2.24) is 14.8 Å². The lowest BCUT2D eigenvalue weighted by molar-refractivity contribution is 0.102. The quantitative estimate of drug-likeness (QED) is 0.807. The van der Waals surface area contributed by atoms with Crippen molar-refractivity contribution in [3.8, 4) is 5.69 Å². The Hall–Kier alpha value is -2.47. The topological polar surface area (TPSA) is 59.8 Å². The Bertz CT molecular complexity index is 777. The largest absolute Gasteiger partial charge is 0.298 e. The first-order valence-corrected chi connectivity index (χ1v) is 7.35. The molecule has 0 saturated heterocycles. The summed E-state index contributed by atoms with van der Waals surface area (Å²) in [4.78, 5) is 16.3. The molecule has 0 aliphatic carbocycles. The molecule has 5 nitrogen and oxygen atoms in total. The number of hydrogen-bond acceptors (Lipinski definition) is 4. The number of anilines is 1. The summed E-state index contributed by atoms with van der Waals surface area (Å²) in [6, 6.07) is 8.00. The molecule has 3 aromatic rings. The van der Waals surface area contributed by atoms with E-state index in [1.165, 1.54) is 11.3 Å². The molecule has 2 aromatic heterocycles. The molecule has 0 aliphatic heterocycles. The van der Waals surface area contributed by atoms with Crippen LogP contribution in [0, 0.1) is 13.8 Å². The first-order valence-electron chi connectivity index (χ1n) is 6.47. The molecule has 0 radical (unpaired) electrons. The van der Waals surface area contributed by atoms with Crippen LogP contribution in [0.4, 0.5) is 5.13 Å². The predicted molar refractivity (Wildman–Crippen MR) is 83.1 cm³/mol. The highest BCUT2D eigenvalue weighted by Crippen LogP contribution is 2.17. The van der Waals surface area contributed by atoms with Crippen molar-refractivity contribution in [3.63, 3.8) is 0 Å². The second kappa shape index (κ2) is 5.49. The number of carbonyl (C=O) groups excluding carboxylic acids is 1. The van der Waals surface area contributed by atoms with Crippen LogP contribution in [-0.4, -0.2) is 20.7 Å². The minimum Gasteiger partial charge on any atom is -0.298 e. The Morgan fingerprint density at radius 3 is 2.90 bits per heavy atom. The van der Waals surface area contributed by atoms with Gasteiger partial charge in [-0.15, -0.1) is 11.3 Å². The molecule has 0 fully saturated rings. The molecular formula is C15H14N4OS. The molecule has 0 saturated carbocycles. The first kappa shape index (κ1) is 13.5. The second-order valence-corrected chi connectivity index (χ2v) is 5.58. The van der Waals surface area contributed by atoms with E-state index in [9.17, 15) is 4.79 Å². The van der Waals surface area contributed by atoms with Crippen molar-refractivity contribution in [1.29, 1.82) is 0 Å². The van der Waals surface area contributed by atoms with Crippen LogP contribution in [-0.2, 0) is 0 Å². The fourth-order valence-corrected chi connectivity index (χ4v) is 2.63. The summed E-state index contributed by atoms with van der Waals surface area (Å²) >= 11 is 1.39. The Labute approximate surface area is 126 Å². The fraction of sp³-hybridized carbons (Fsp3) is 0.133. The van der Waals surface area contributed by atoms with Crippen molar-refractivity contribution in [2.45, 2.75) is 13.8 Å². The number of aromatic nitrogens is 3. The number of hydrogen-bond donors (Lipinski definition) is 1. The zero-order valence-electron chi connectivity index (χ0n) is 11.7. The van der Waals surface area contributed by atoms with Crippen molar-refractivity contribution in [3.05, 3.63) is 58.9 Å². The normalized spacial score (nSPS) is 10.6. The van der Waals surface area contributed by atoms with Crippen LogP contribution < -0.4 is 5.32 Å². The molecule has 0 aliphatic rings. The van der Waals surface area contributed by atoms with Crippen LogP contribution in [0.15, 0.2) is 42.0 Å². The maximum absolute atomic E-state index is 12.2. The van der Waals surface area contributed by atoms with Crippen molar-refractivity contribution >= 4 is 22.4 Å². The number of carbonyl (C=O) groups is 1. The van der Waals surface area contributed by atoms with Gasteiger partial charge in [-0.2, -0.15) is 5.10 Å². The van der Waals surface area contributed by atoms with Gasteiger partial charge in [0.25, 0.3) is 5.91 Å². The number of thiazole rings is 1. The van der Waals surface area contributed by atoms with E-state index in [-0.39, 0.29) is 5.91 Å². The molecule has 21 heavy (non-hydrogen) atoms. The van der Waals surface area contributed by atoms with E-state index < -0.39 is 0 Å². The van der Waals surface area contributed by atoms with Gasteiger partial charge in [-0.25, -0.2) is 9.67 Å². The molecule has 6 heteroatoms. The van der Waals surface area contributed by atoms with Crippen molar-refractivity contribution in [2.75, 3.05) is 5.32 Å². The van der Waals surface area contributed by atoms with Gasteiger partial charge in [0.15, 0.2) is 5.13 Å². The predicted octanol–water partition coefficient (Wildman–Crippen LogP) is 3.20. The standard InChI is InChI=1S/C15H14N4OS/c1-10-4-3-5-12(8-10)19-11(2)13(9-17-19)14(20)18-15-16-6-7-21-15/h3-9H,1-2H3,(H,16,18,20). The third kappa shape index (κ3) is 2.71. The van der Waals surface area contributed by atoms with E-state index in [4.69, 9.17) is 0 Å². The Morgan fingerprint density at radius 2 is 2.19 bits per heavy atom. The number of aryl methyl sites for hydroxylation is 1. The van der Waals surface area contributed by atoms with Gasteiger partial charge in [0.05, 0.1) is 23.1 Å². The number of nitrogens with zero attached hydrogens (tertiary/aromatic N) is 3. The highest BCUT2D eigenvalue weighted by atomic mass is 32.1. The van der Waals surface area contributed by atoms with Crippen LogP contribution in [0.5, 0.6) is 0 Å². The summed E-state index contributed by atoms with van der Waals surface area (Å²) in [5.41, 5.74) is 3.44. The van der Waals surface area contributed by atoms with E-state index in [0.29, 0.717) is 10.7 Å². The molecule has 1 N–H and O–H groups in total. The van der Waals surface area contributed by atoms with Gasteiger partial charge < -0.3 is 0 Å². The molecule has 0 atom stereocenters. The second-order valence-electron chi connectivity index (χ2n) is 4.69. The molecule has 3 rings (SSSR count). The summed E-state index contributed by atoms with van der Waals surface area (Å²) in [5, 5.41) is 9.49. The Balaban J connectivity index is 1.90. The lowest BCUT2D eigenvalue weighted by Gasteiger charge is -2.06. The molecule has 0 bridgehead atoms. The number of rotatable bonds is 3. The average molecular weight is 298 g/mol. The number of amides is 1. The summed E-state index contributed by atoms with van der Waals surface area (Å²) in [6.45, 7) is 3.91. The zero-order valence-corrected chi connectivity index (χ0v) is 12.5. The zero-order chi connectivity index (χ0) is 14.8. The molecule has 1 aromatic carbocycles. The van der Waals surface area contributed by atoms with Crippen LogP contribution in [0.1, 0.15) is 21.6 Å². The third-order valence-corrected chi connectivity index (χ3v) is 3.84. The van der Waals surface area contributed by atoms with Crippen molar-refractivity contribution in [2.24, 2.45) is 0 Å². The van der Waals surface area contributed by atoms with Crippen LogP contribution in [0.3, 0.4) is 0 Å². The third-order valence-electron chi connectivity index (χ3n) is 3.15. The van der Waals surface area contributed by atoms with E-state index in [0.717, 1.165) is 16.9 Å². The van der Waals surface area contributed by atoms with Gasteiger partial charge in [0, 0.05) is 11.6 Å². The number of nitrogens with one attached hydrogen (secondary N) is 1. The summed E-state index contributed by atoms with van der Waals surface area (Å²) in [7, 11) is 0. The molecule has 0 unspecified atom stereocenters. The minimum absolute atomic E-state index is 0.193. The summed E-state index contributed by atoms with van der Waals surface area (Å²) in [5.74, 6) is -0.193. The van der Waals surface area contributed by atoms with E-state index in [1.807, 2.05) is 43.5 Å². The van der Waals surface area contributed by atoms with Gasteiger partial charge in [-0.05, 0) is 31.5 Å². The van der Waals surface area contributed by atoms with Gasteiger partial charge in [-0.1, -0.05) is 12.1 Å². The van der Waals surface area contributed by atoms with Crippen LogP contribution in [0.2, 0.25) is 0 Å².